The molecular formula is C16H24ClNO. The molecule has 3 heteroatoms. The molecule has 0 amide bonds. The van der Waals surface area contributed by atoms with Crippen LogP contribution >= 0.6 is 11.6 Å². The first-order chi connectivity index (χ1) is 8.86. The van der Waals surface area contributed by atoms with Crippen LogP contribution < -0.4 is 10.5 Å². The smallest absolute Gasteiger partial charge is 0.119 e. The van der Waals surface area contributed by atoms with E-state index in [1.54, 1.807) is 0 Å². The van der Waals surface area contributed by atoms with Crippen molar-refractivity contribution < 1.29 is 4.74 Å². The minimum atomic E-state index is 0.110. The second kappa shape index (κ2) is 5.72. The Bertz CT molecular complexity index is 410. The van der Waals surface area contributed by atoms with E-state index < -0.39 is 0 Å². The summed E-state index contributed by atoms with van der Waals surface area (Å²) >= 11 is 5.89. The minimum Gasteiger partial charge on any atom is -0.489 e. The molecule has 1 aromatic rings. The highest BCUT2D eigenvalue weighted by Crippen LogP contribution is 2.38. The van der Waals surface area contributed by atoms with Crippen LogP contribution in [0.3, 0.4) is 0 Å². The van der Waals surface area contributed by atoms with Gasteiger partial charge in [-0.05, 0) is 54.9 Å². The number of benzene rings is 1. The number of nitrogens with two attached hydrogens (primary N) is 1. The summed E-state index contributed by atoms with van der Waals surface area (Å²) in [5.41, 5.74) is 6.53. The van der Waals surface area contributed by atoms with E-state index in [1.807, 2.05) is 24.3 Å². The van der Waals surface area contributed by atoms with Gasteiger partial charge in [-0.2, -0.15) is 0 Å². The highest BCUT2D eigenvalue weighted by molar-refractivity contribution is 6.30. The third-order valence-corrected chi connectivity index (χ3v) is 4.42. The van der Waals surface area contributed by atoms with Gasteiger partial charge in [-0.3, -0.25) is 0 Å². The van der Waals surface area contributed by atoms with E-state index in [0.717, 1.165) is 23.6 Å². The molecule has 2 N–H and O–H groups in total. The molecule has 0 saturated heterocycles. The van der Waals surface area contributed by atoms with Gasteiger partial charge in [-0.15, -0.1) is 0 Å². The van der Waals surface area contributed by atoms with Crippen LogP contribution in [0.2, 0.25) is 5.02 Å². The van der Waals surface area contributed by atoms with Crippen LogP contribution in [0.4, 0.5) is 0 Å². The SMILES string of the molecule is CC(C)(C)C1CCC(N)C(Oc2ccc(Cl)cc2)C1. The first-order valence-corrected chi connectivity index (χ1v) is 7.42. The van der Waals surface area contributed by atoms with Gasteiger partial charge in [-0.25, -0.2) is 0 Å². The van der Waals surface area contributed by atoms with Crippen molar-refractivity contribution in [2.75, 3.05) is 0 Å². The summed E-state index contributed by atoms with van der Waals surface area (Å²) in [6.07, 6.45) is 3.39. The zero-order valence-corrected chi connectivity index (χ0v) is 12.8. The van der Waals surface area contributed by atoms with Gasteiger partial charge in [0.05, 0.1) is 0 Å². The first-order valence-electron chi connectivity index (χ1n) is 7.04. The molecule has 0 aromatic heterocycles. The van der Waals surface area contributed by atoms with Gasteiger partial charge in [0.25, 0.3) is 0 Å². The topological polar surface area (TPSA) is 35.2 Å². The average Bonchev–Trinajstić information content (AvgIpc) is 2.33. The Hall–Kier alpha value is -0.730. The summed E-state index contributed by atoms with van der Waals surface area (Å²) in [6.45, 7) is 6.90. The Morgan fingerprint density at radius 2 is 1.79 bits per heavy atom. The summed E-state index contributed by atoms with van der Waals surface area (Å²) in [7, 11) is 0. The molecule has 19 heavy (non-hydrogen) atoms. The molecule has 0 heterocycles. The Kier molecular flexibility index (Phi) is 4.42. The maximum absolute atomic E-state index is 6.21. The van der Waals surface area contributed by atoms with E-state index >= 15 is 0 Å². The Morgan fingerprint density at radius 3 is 2.37 bits per heavy atom. The minimum absolute atomic E-state index is 0.110. The number of halogens is 1. The summed E-state index contributed by atoms with van der Waals surface area (Å²) in [5, 5.41) is 0.730. The fourth-order valence-corrected chi connectivity index (χ4v) is 2.89. The van der Waals surface area contributed by atoms with Gasteiger partial charge in [0, 0.05) is 11.1 Å². The largest absolute Gasteiger partial charge is 0.489 e. The molecule has 1 aromatic carbocycles. The van der Waals surface area contributed by atoms with Crippen molar-refractivity contribution in [1.29, 1.82) is 0 Å². The van der Waals surface area contributed by atoms with E-state index in [9.17, 15) is 0 Å². The second-order valence-electron chi connectivity index (χ2n) is 6.65. The molecular weight excluding hydrogens is 258 g/mol. The lowest BCUT2D eigenvalue weighted by molar-refractivity contribution is 0.0592. The van der Waals surface area contributed by atoms with Gasteiger partial charge in [0.15, 0.2) is 0 Å². The molecule has 1 aliphatic carbocycles. The quantitative estimate of drug-likeness (QED) is 0.879. The lowest BCUT2D eigenvalue weighted by atomic mass is 9.70. The van der Waals surface area contributed by atoms with Gasteiger partial charge in [0.2, 0.25) is 0 Å². The van der Waals surface area contributed by atoms with Crippen molar-refractivity contribution in [2.24, 2.45) is 17.1 Å². The van der Waals surface area contributed by atoms with E-state index in [0.29, 0.717) is 11.3 Å². The highest BCUT2D eigenvalue weighted by Gasteiger charge is 2.35. The van der Waals surface area contributed by atoms with Crippen LogP contribution in [0.15, 0.2) is 24.3 Å². The monoisotopic (exact) mass is 281 g/mol. The summed E-state index contributed by atoms with van der Waals surface area (Å²) in [6, 6.07) is 7.67. The lowest BCUT2D eigenvalue weighted by Gasteiger charge is -2.40. The Labute approximate surface area is 121 Å². The molecule has 3 atom stereocenters. The molecule has 1 aliphatic rings. The van der Waals surface area contributed by atoms with E-state index in [1.165, 1.54) is 6.42 Å². The van der Waals surface area contributed by atoms with Crippen molar-refractivity contribution in [3.05, 3.63) is 29.3 Å². The van der Waals surface area contributed by atoms with Crippen LogP contribution in [0.25, 0.3) is 0 Å². The molecule has 2 rings (SSSR count). The van der Waals surface area contributed by atoms with Crippen molar-refractivity contribution in [1.82, 2.24) is 0 Å². The summed E-state index contributed by atoms with van der Waals surface area (Å²) in [5.74, 6) is 1.53. The van der Waals surface area contributed by atoms with Crippen molar-refractivity contribution in [3.63, 3.8) is 0 Å². The lowest BCUT2D eigenvalue weighted by Crippen LogP contribution is -2.46. The maximum Gasteiger partial charge on any atom is 0.119 e. The number of hydrogen-bond donors (Lipinski definition) is 1. The van der Waals surface area contributed by atoms with Crippen molar-refractivity contribution >= 4 is 11.6 Å². The van der Waals surface area contributed by atoms with Gasteiger partial charge >= 0.3 is 0 Å². The molecule has 2 nitrogen and oxygen atoms in total. The number of ether oxygens (including phenoxy) is 1. The molecule has 0 aliphatic heterocycles. The fraction of sp³-hybridized carbons (Fsp3) is 0.625. The van der Waals surface area contributed by atoms with Crippen LogP contribution in [0.5, 0.6) is 5.75 Å². The number of rotatable bonds is 2. The van der Waals surface area contributed by atoms with Crippen LogP contribution in [-0.2, 0) is 0 Å². The third-order valence-electron chi connectivity index (χ3n) is 4.17. The molecule has 0 radical (unpaired) electrons. The second-order valence-corrected chi connectivity index (χ2v) is 7.09. The zero-order valence-electron chi connectivity index (χ0n) is 12.0. The third kappa shape index (κ3) is 3.87. The standard InChI is InChI=1S/C16H24ClNO/c1-16(2,3)11-4-9-14(18)15(10-11)19-13-7-5-12(17)6-8-13/h5-8,11,14-15H,4,9-10,18H2,1-3H3. The molecule has 3 unspecified atom stereocenters. The van der Waals surface area contributed by atoms with Gasteiger partial charge in [0.1, 0.15) is 11.9 Å². The normalized spacial score (nSPS) is 28.2. The van der Waals surface area contributed by atoms with E-state index in [2.05, 4.69) is 20.8 Å². The molecule has 0 spiro atoms. The maximum atomic E-state index is 6.21. The Balaban J connectivity index is 2.03. The molecule has 1 saturated carbocycles. The summed E-state index contributed by atoms with van der Waals surface area (Å²) < 4.78 is 6.06. The van der Waals surface area contributed by atoms with E-state index in [-0.39, 0.29) is 12.1 Å². The van der Waals surface area contributed by atoms with Crippen molar-refractivity contribution in [3.8, 4) is 5.75 Å². The highest BCUT2D eigenvalue weighted by atomic mass is 35.5. The van der Waals surface area contributed by atoms with Crippen LogP contribution in [0.1, 0.15) is 40.0 Å². The predicted octanol–water partition coefficient (Wildman–Crippen LogP) is 4.26. The first kappa shape index (κ1) is 14.7. The predicted molar refractivity (Wildman–Crippen MR) is 80.6 cm³/mol. The zero-order chi connectivity index (χ0) is 14.0. The summed E-state index contributed by atoms with van der Waals surface area (Å²) in [4.78, 5) is 0. The van der Waals surface area contributed by atoms with Gasteiger partial charge in [-0.1, -0.05) is 32.4 Å². The Morgan fingerprint density at radius 1 is 1.16 bits per heavy atom. The van der Waals surface area contributed by atoms with Crippen molar-refractivity contribution in [2.45, 2.75) is 52.2 Å². The average molecular weight is 282 g/mol. The van der Waals surface area contributed by atoms with Crippen LogP contribution in [-0.4, -0.2) is 12.1 Å². The number of hydrogen-bond acceptors (Lipinski definition) is 2. The van der Waals surface area contributed by atoms with Gasteiger partial charge < -0.3 is 10.5 Å². The fourth-order valence-electron chi connectivity index (χ4n) is 2.76. The van der Waals surface area contributed by atoms with E-state index in [4.69, 9.17) is 22.1 Å². The molecule has 0 bridgehead atoms. The molecule has 1 fully saturated rings. The molecule has 106 valence electrons. The van der Waals surface area contributed by atoms with Crippen LogP contribution in [0, 0.1) is 11.3 Å².